The average molecular weight is 449 g/mol. The summed E-state index contributed by atoms with van der Waals surface area (Å²) in [5.41, 5.74) is 0. The maximum Gasteiger partial charge on any atom is 0 e. The van der Waals surface area contributed by atoms with Gasteiger partial charge in [0.15, 0.2) is 0 Å². The fraction of sp³-hybridized carbons (Fsp3) is 0. The average Bonchev–Trinajstić information content (AvgIpc) is 0.592. The fourth-order valence-corrected chi connectivity index (χ4v) is 0. The molecular formula is Cl6Na2Os. The van der Waals surface area contributed by atoms with Gasteiger partial charge in [-0.1, -0.05) is 0 Å². The van der Waals surface area contributed by atoms with Crippen LogP contribution in [0.15, 0.2) is 0 Å². The molecule has 9 heavy (non-hydrogen) atoms. The Kier molecular flexibility index (Phi) is 9.02. The van der Waals surface area contributed by atoms with Crippen molar-refractivity contribution in [1.82, 2.24) is 0 Å². The van der Waals surface area contributed by atoms with Crippen LogP contribution in [-0.4, -0.2) is 59.1 Å². The van der Waals surface area contributed by atoms with Crippen molar-refractivity contribution in [1.29, 1.82) is 0 Å². The maximum atomic E-state index is 5.06. The summed E-state index contributed by atoms with van der Waals surface area (Å²) in [4.78, 5) is 0. The van der Waals surface area contributed by atoms with E-state index in [9.17, 15) is 0 Å². The van der Waals surface area contributed by atoms with Crippen LogP contribution in [0.1, 0.15) is 0 Å². The zero-order valence-corrected chi connectivity index (χ0v) is 15.7. The van der Waals surface area contributed by atoms with Gasteiger partial charge < -0.3 is 0 Å². The Labute approximate surface area is 121 Å². The molecule has 0 nitrogen and oxygen atoms in total. The molecule has 0 N–H and O–H groups in total. The summed E-state index contributed by atoms with van der Waals surface area (Å²) in [6.07, 6.45) is 0. The second-order valence-electron chi connectivity index (χ2n) is 0.758. The molecule has 2 radical (unpaired) electrons. The summed E-state index contributed by atoms with van der Waals surface area (Å²) >= 11 is 0. The number of hydrogen-bond acceptors (Lipinski definition) is 0. The van der Waals surface area contributed by atoms with Crippen molar-refractivity contribution in [2.24, 2.45) is 0 Å². The largest absolute Gasteiger partial charge is 0 e. The number of halogens is 6. The Morgan fingerprint density at radius 3 is 0.556 bits per heavy atom. The van der Waals surface area contributed by atoms with Crippen LogP contribution in [0.4, 0.5) is 0 Å². The van der Waals surface area contributed by atoms with E-state index in [-0.39, 0.29) is 59.1 Å². The van der Waals surface area contributed by atoms with Crippen LogP contribution in [-0.2, 0) is 6.64 Å². The van der Waals surface area contributed by atoms with E-state index in [1.54, 1.807) is 0 Å². The molecular weight excluding hydrogens is 449 g/mol. The summed E-state index contributed by atoms with van der Waals surface area (Å²) < 4.78 is 0. The molecule has 0 unspecified atom stereocenters. The van der Waals surface area contributed by atoms with E-state index in [0.29, 0.717) is 0 Å². The van der Waals surface area contributed by atoms with E-state index in [1.165, 1.54) is 0 Å². The molecule has 0 aromatic carbocycles. The van der Waals surface area contributed by atoms with E-state index in [4.69, 9.17) is 57.8 Å². The van der Waals surface area contributed by atoms with E-state index < -0.39 is 6.64 Å². The first-order valence-electron chi connectivity index (χ1n) is 0.802. The Hall–Kier alpha value is 4.38. The summed E-state index contributed by atoms with van der Waals surface area (Å²) in [6.45, 7) is -5.38. The zero-order chi connectivity index (χ0) is 6.41. The molecule has 0 amide bonds. The van der Waals surface area contributed by atoms with Crippen LogP contribution in [0.25, 0.3) is 0 Å². The summed E-state index contributed by atoms with van der Waals surface area (Å²) in [6, 6.07) is 0. The molecule has 0 aliphatic heterocycles. The van der Waals surface area contributed by atoms with Crippen molar-refractivity contribution in [3.05, 3.63) is 0 Å². The van der Waals surface area contributed by atoms with Crippen molar-refractivity contribution in [2.45, 2.75) is 0 Å². The fourth-order valence-electron chi connectivity index (χ4n) is 0. The summed E-state index contributed by atoms with van der Waals surface area (Å²) in [5.74, 6) is 0. The first-order valence-corrected chi connectivity index (χ1v) is 19.7. The van der Waals surface area contributed by atoms with Gasteiger partial charge in [0.05, 0.1) is 0 Å². The van der Waals surface area contributed by atoms with Crippen molar-refractivity contribution >= 4 is 117 Å². The van der Waals surface area contributed by atoms with E-state index in [1.807, 2.05) is 0 Å². The quantitative estimate of drug-likeness (QED) is 0.498. The number of rotatable bonds is 0. The van der Waals surface area contributed by atoms with E-state index in [0.717, 1.165) is 0 Å². The molecule has 0 spiro atoms. The molecule has 0 fully saturated rings. The van der Waals surface area contributed by atoms with Gasteiger partial charge in [-0.05, 0) is 0 Å². The van der Waals surface area contributed by atoms with E-state index in [2.05, 4.69) is 0 Å². The third kappa shape index (κ3) is 69.6. The Morgan fingerprint density at radius 1 is 0.556 bits per heavy atom. The van der Waals surface area contributed by atoms with Crippen LogP contribution >= 0.6 is 57.8 Å². The molecule has 0 saturated carbocycles. The maximum absolute atomic E-state index is 5.38. The molecule has 0 rings (SSSR count). The van der Waals surface area contributed by atoms with Crippen LogP contribution in [0.2, 0.25) is 0 Å². The molecule has 52 valence electrons. The third-order valence-corrected chi connectivity index (χ3v) is 0. The third-order valence-electron chi connectivity index (χ3n) is 0. The molecule has 0 aromatic heterocycles. The number of hydrogen-bond donors (Lipinski definition) is 0. The van der Waals surface area contributed by atoms with Crippen molar-refractivity contribution in [3.63, 3.8) is 0 Å². The first kappa shape index (κ1) is 19.0. The second kappa shape index (κ2) is 4.27. The van der Waals surface area contributed by atoms with Gasteiger partial charge in [0.25, 0.3) is 0 Å². The Balaban J connectivity index is -0.000000180. The topological polar surface area (TPSA) is 0 Å². The predicted molar refractivity (Wildman–Crippen MR) is 46.6 cm³/mol. The molecule has 0 atom stereocenters. The van der Waals surface area contributed by atoms with Crippen molar-refractivity contribution in [3.8, 4) is 0 Å². The minimum atomic E-state index is -5.38. The smallest absolute Gasteiger partial charge is 0 e. The summed E-state index contributed by atoms with van der Waals surface area (Å²) in [5, 5.41) is 0. The molecule has 9 heteroatoms. The monoisotopic (exact) mass is 448 g/mol. The molecule has 0 aliphatic rings. The van der Waals surface area contributed by atoms with E-state index >= 15 is 0 Å². The van der Waals surface area contributed by atoms with Gasteiger partial charge in [-0.15, -0.1) is 0 Å². The van der Waals surface area contributed by atoms with Crippen LogP contribution in [0.5, 0.6) is 0 Å². The molecule has 0 aromatic rings. The standard InChI is InChI=1S/6ClH.2Na.Os/h6*1H;;;/q;;;;;;;;+6/p-6. The SMILES string of the molecule is [Cl][Os]([Cl])([Cl])([Cl])([Cl])[Cl].[Na].[Na]. The first-order chi connectivity index (χ1) is 2.45. The van der Waals surface area contributed by atoms with Gasteiger partial charge in [0, 0.05) is 59.1 Å². The van der Waals surface area contributed by atoms with Gasteiger partial charge in [-0.25, -0.2) is 0 Å². The Morgan fingerprint density at radius 2 is 0.556 bits per heavy atom. The van der Waals surface area contributed by atoms with Gasteiger partial charge in [-0.3, -0.25) is 0 Å². The minimum absolute atomic E-state index is 0. The molecule has 0 saturated heterocycles. The van der Waals surface area contributed by atoms with Crippen LogP contribution in [0, 0.1) is 0 Å². The van der Waals surface area contributed by atoms with Crippen molar-refractivity contribution < 1.29 is 6.64 Å². The van der Waals surface area contributed by atoms with Crippen molar-refractivity contribution in [2.75, 3.05) is 0 Å². The normalized spacial score (nSPS) is 18.0. The second-order valence-corrected chi connectivity index (χ2v) is 55.8. The predicted octanol–water partition coefficient (Wildman–Crippen LogP) is 3.37. The van der Waals surface area contributed by atoms with Gasteiger partial charge in [-0.2, -0.15) is 0 Å². The van der Waals surface area contributed by atoms with Gasteiger partial charge >= 0.3 is 64.5 Å². The minimum Gasteiger partial charge on any atom is 0 e. The van der Waals surface area contributed by atoms with Gasteiger partial charge in [0.2, 0.25) is 0 Å². The van der Waals surface area contributed by atoms with Crippen LogP contribution < -0.4 is 0 Å². The molecule has 0 bridgehead atoms. The molecule has 0 heterocycles. The zero-order valence-electron chi connectivity index (χ0n) is 4.62. The Bertz CT molecular complexity index is 69.6. The van der Waals surface area contributed by atoms with Gasteiger partial charge in [0.1, 0.15) is 0 Å². The summed E-state index contributed by atoms with van der Waals surface area (Å²) in [7, 11) is 30.4. The molecule has 0 aliphatic carbocycles. The van der Waals surface area contributed by atoms with Crippen LogP contribution in [0.3, 0.4) is 0 Å².